The van der Waals surface area contributed by atoms with Crippen LogP contribution in [-0.4, -0.2) is 46.6 Å². The lowest BCUT2D eigenvalue weighted by Gasteiger charge is -2.14. The highest BCUT2D eigenvalue weighted by molar-refractivity contribution is 6.45. The van der Waals surface area contributed by atoms with E-state index in [1.54, 1.807) is 0 Å². The molecule has 1 aliphatic rings. The second-order valence-corrected chi connectivity index (χ2v) is 4.96. The molecule has 120 valence electrons. The molecule has 0 saturated carbocycles. The molecule has 1 aromatic rings. The molecule has 1 aliphatic heterocycles. The van der Waals surface area contributed by atoms with Crippen molar-refractivity contribution in [1.82, 2.24) is 9.80 Å². The number of anilines is 1. The number of imide groups is 2. The summed E-state index contributed by atoms with van der Waals surface area (Å²) in [4.78, 5) is 48.4. The van der Waals surface area contributed by atoms with Gasteiger partial charge in [0.25, 0.3) is 0 Å². The van der Waals surface area contributed by atoms with E-state index in [0.717, 1.165) is 12.1 Å². The Hall–Kier alpha value is -2.74. The monoisotopic (exact) mass is 339 g/mol. The zero-order valence-corrected chi connectivity index (χ0v) is 12.5. The maximum absolute atomic E-state index is 12.9. The van der Waals surface area contributed by atoms with Gasteiger partial charge in [-0.25, -0.2) is 14.1 Å². The molecule has 1 saturated heterocycles. The van der Waals surface area contributed by atoms with Gasteiger partial charge < -0.3 is 5.32 Å². The Morgan fingerprint density at radius 2 is 1.91 bits per heavy atom. The Morgan fingerprint density at radius 3 is 2.52 bits per heavy atom. The number of urea groups is 1. The molecule has 0 aromatic heterocycles. The van der Waals surface area contributed by atoms with Crippen molar-refractivity contribution in [1.29, 1.82) is 0 Å². The number of halogens is 2. The number of hydrogen-bond donors (Lipinski definition) is 1. The predicted octanol–water partition coefficient (Wildman–Crippen LogP) is 1.39. The second-order valence-electron chi connectivity index (χ2n) is 4.55. The van der Waals surface area contributed by atoms with Gasteiger partial charge in [-0.1, -0.05) is 17.7 Å². The van der Waals surface area contributed by atoms with Crippen LogP contribution >= 0.6 is 11.6 Å². The third-order valence-corrected chi connectivity index (χ3v) is 3.27. The maximum Gasteiger partial charge on any atom is 0.335 e. The van der Waals surface area contributed by atoms with Gasteiger partial charge in [0.2, 0.25) is 5.91 Å². The minimum atomic E-state index is -1.10. The van der Waals surface area contributed by atoms with Crippen molar-refractivity contribution in [2.75, 3.05) is 18.4 Å². The van der Waals surface area contributed by atoms with E-state index in [-0.39, 0.29) is 17.3 Å². The molecule has 1 heterocycles. The lowest BCUT2D eigenvalue weighted by Crippen LogP contribution is -2.39. The Kier molecular flexibility index (Phi) is 4.75. The third-order valence-electron chi connectivity index (χ3n) is 2.95. The molecule has 9 heteroatoms. The summed E-state index contributed by atoms with van der Waals surface area (Å²) in [7, 11) is 0. The van der Waals surface area contributed by atoms with Gasteiger partial charge in [-0.2, -0.15) is 0 Å². The molecule has 0 unspecified atom stereocenters. The SMILES string of the molecule is C=CCN1C(=O)C(=O)N(CC(=O)Nc2ccc(F)cc2Cl)C1=O. The Balaban J connectivity index is 2.08. The summed E-state index contributed by atoms with van der Waals surface area (Å²) in [6.45, 7) is 2.58. The van der Waals surface area contributed by atoms with Gasteiger partial charge in [0.1, 0.15) is 12.4 Å². The third kappa shape index (κ3) is 3.37. The highest BCUT2D eigenvalue weighted by Crippen LogP contribution is 2.22. The van der Waals surface area contributed by atoms with Crippen molar-refractivity contribution in [3.05, 3.63) is 41.7 Å². The maximum atomic E-state index is 12.9. The number of hydrogen-bond acceptors (Lipinski definition) is 4. The molecule has 1 N–H and O–H groups in total. The van der Waals surface area contributed by atoms with Gasteiger partial charge >= 0.3 is 17.8 Å². The molecule has 23 heavy (non-hydrogen) atoms. The fourth-order valence-electron chi connectivity index (χ4n) is 1.90. The largest absolute Gasteiger partial charge is 0.335 e. The molecular formula is C14H11ClFN3O4. The topological polar surface area (TPSA) is 86.8 Å². The molecule has 2 rings (SSSR count). The van der Waals surface area contributed by atoms with E-state index < -0.39 is 36.1 Å². The van der Waals surface area contributed by atoms with Gasteiger partial charge in [-0.15, -0.1) is 6.58 Å². The molecule has 7 nitrogen and oxygen atoms in total. The minimum Gasteiger partial charge on any atom is -0.323 e. The van der Waals surface area contributed by atoms with E-state index in [9.17, 15) is 23.6 Å². The summed E-state index contributed by atoms with van der Waals surface area (Å²) >= 11 is 5.76. The Labute approximate surface area is 135 Å². The standard InChI is InChI=1S/C14H11ClFN3O4/c1-2-5-18-12(21)13(22)19(14(18)23)7-11(20)17-10-4-3-8(16)6-9(10)15/h2-4,6H,1,5,7H2,(H,17,20). The Morgan fingerprint density at radius 1 is 1.26 bits per heavy atom. The zero-order chi connectivity index (χ0) is 17.1. The summed E-state index contributed by atoms with van der Waals surface area (Å²) in [6.07, 6.45) is 1.28. The van der Waals surface area contributed by atoms with Gasteiger partial charge in [0.15, 0.2) is 0 Å². The van der Waals surface area contributed by atoms with Crippen LogP contribution in [0.4, 0.5) is 14.9 Å². The van der Waals surface area contributed by atoms with Gasteiger partial charge in [0, 0.05) is 6.54 Å². The van der Waals surface area contributed by atoms with Crippen molar-refractivity contribution in [2.24, 2.45) is 0 Å². The highest BCUT2D eigenvalue weighted by Gasteiger charge is 2.44. The van der Waals surface area contributed by atoms with E-state index in [1.807, 2.05) is 0 Å². The summed E-state index contributed by atoms with van der Waals surface area (Å²) in [5.41, 5.74) is 0.117. The van der Waals surface area contributed by atoms with Crippen molar-refractivity contribution in [2.45, 2.75) is 0 Å². The van der Waals surface area contributed by atoms with Crippen LogP contribution in [0.2, 0.25) is 5.02 Å². The first-order valence-electron chi connectivity index (χ1n) is 6.38. The van der Waals surface area contributed by atoms with Crippen LogP contribution in [-0.2, 0) is 14.4 Å². The molecule has 5 amide bonds. The van der Waals surface area contributed by atoms with Crippen LogP contribution in [0.25, 0.3) is 0 Å². The first-order chi connectivity index (χ1) is 10.8. The lowest BCUT2D eigenvalue weighted by atomic mass is 10.3. The highest BCUT2D eigenvalue weighted by atomic mass is 35.5. The quantitative estimate of drug-likeness (QED) is 0.499. The lowest BCUT2D eigenvalue weighted by molar-refractivity contribution is -0.143. The number of carbonyl (C=O) groups is 4. The molecule has 0 radical (unpaired) electrons. The fourth-order valence-corrected chi connectivity index (χ4v) is 2.12. The molecule has 1 fully saturated rings. The first-order valence-corrected chi connectivity index (χ1v) is 6.76. The first kappa shape index (κ1) is 16.6. The average Bonchev–Trinajstić information content (AvgIpc) is 2.68. The van der Waals surface area contributed by atoms with Crippen molar-refractivity contribution >= 4 is 41.0 Å². The molecule has 0 aliphatic carbocycles. The number of nitrogens with one attached hydrogen (secondary N) is 1. The molecular weight excluding hydrogens is 329 g/mol. The number of nitrogens with zero attached hydrogens (tertiary/aromatic N) is 2. The molecule has 0 bridgehead atoms. The number of carbonyl (C=O) groups excluding carboxylic acids is 4. The van der Waals surface area contributed by atoms with E-state index in [0.29, 0.717) is 9.80 Å². The fraction of sp³-hybridized carbons (Fsp3) is 0.143. The summed E-state index contributed by atoms with van der Waals surface area (Å²) in [5.74, 6) is -3.46. The van der Waals surface area contributed by atoms with Gasteiger partial charge in [-0.3, -0.25) is 19.3 Å². The molecule has 1 aromatic carbocycles. The predicted molar refractivity (Wildman–Crippen MR) is 79.1 cm³/mol. The summed E-state index contributed by atoms with van der Waals surface area (Å²) < 4.78 is 12.9. The van der Waals surface area contributed by atoms with Crippen LogP contribution in [0.5, 0.6) is 0 Å². The van der Waals surface area contributed by atoms with Crippen LogP contribution < -0.4 is 5.32 Å². The van der Waals surface area contributed by atoms with Crippen molar-refractivity contribution < 1.29 is 23.6 Å². The normalized spacial score (nSPS) is 14.4. The Bertz CT molecular complexity index is 722. The van der Waals surface area contributed by atoms with Crippen molar-refractivity contribution in [3.63, 3.8) is 0 Å². The summed E-state index contributed by atoms with van der Waals surface area (Å²) in [6, 6.07) is 2.42. The van der Waals surface area contributed by atoms with E-state index in [4.69, 9.17) is 11.6 Å². The number of benzene rings is 1. The number of amides is 5. The van der Waals surface area contributed by atoms with Gasteiger partial charge in [-0.05, 0) is 18.2 Å². The summed E-state index contributed by atoms with van der Waals surface area (Å²) in [5, 5.41) is 2.29. The average molecular weight is 340 g/mol. The van der Waals surface area contributed by atoms with Crippen molar-refractivity contribution in [3.8, 4) is 0 Å². The smallest absolute Gasteiger partial charge is 0.323 e. The van der Waals surface area contributed by atoms with Gasteiger partial charge in [0.05, 0.1) is 10.7 Å². The van der Waals surface area contributed by atoms with Crippen LogP contribution in [0.3, 0.4) is 0 Å². The molecule has 0 spiro atoms. The zero-order valence-electron chi connectivity index (χ0n) is 11.7. The van der Waals surface area contributed by atoms with Crippen LogP contribution in [0, 0.1) is 5.82 Å². The van der Waals surface area contributed by atoms with Crippen LogP contribution in [0.15, 0.2) is 30.9 Å². The van der Waals surface area contributed by atoms with E-state index >= 15 is 0 Å². The van der Waals surface area contributed by atoms with E-state index in [1.165, 1.54) is 12.1 Å². The molecule has 0 atom stereocenters. The minimum absolute atomic E-state index is 0.0400. The van der Waals surface area contributed by atoms with E-state index in [2.05, 4.69) is 11.9 Å². The second kappa shape index (κ2) is 6.57. The number of rotatable bonds is 5. The van der Waals surface area contributed by atoms with Crippen LogP contribution in [0.1, 0.15) is 0 Å².